The molecule has 2 aromatic rings. The number of benzene rings is 2. The van der Waals surface area contributed by atoms with Crippen LogP contribution in [0.1, 0.15) is 17.2 Å². The SMILES string of the molecule is C=CCOc1ccc(C(O)=C2C(=O)C(=O)N(CCN3CCOCC3)[C@@H]2c2ccc(O)cc2)cc1. The van der Waals surface area contributed by atoms with Crippen LogP contribution in [-0.2, 0) is 14.3 Å². The average Bonchev–Trinajstić information content (AvgIpc) is 3.12. The maximum atomic E-state index is 13.1. The van der Waals surface area contributed by atoms with E-state index in [1.54, 1.807) is 42.5 Å². The number of hydrogen-bond donors (Lipinski definition) is 2. The third-order valence-corrected chi connectivity index (χ3v) is 6.01. The monoisotopic (exact) mass is 464 g/mol. The lowest BCUT2D eigenvalue weighted by Gasteiger charge is -2.31. The number of amides is 1. The molecular formula is C26H28N2O6. The third kappa shape index (κ3) is 4.98. The van der Waals surface area contributed by atoms with Gasteiger partial charge in [-0.15, -0.1) is 0 Å². The number of ether oxygens (including phenoxy) is 2. The Morgan fingerprint density at radius 3 is 2.38 bits per heavy atom. The molecule has 34 heavy (non-hydrogen) atoms. The Kier molecular flexibility index (Phi) is 7.30. The molecule has 0 unspecified atom stereocenters. The summed E-state index contributed by atoms with van der Waals surface area (Å²) in [6, 6.07) is 12.2. The molecule has 8 nitrogen and oxygen atoms in total. The zero-order chi connectivity index (χ0) is 24.1. The van der Waals surface area contributed by atoms with Crippen molar-refractivity contribution in [2.75, 3.05) is 46.0 Å². The number of nitrogens with zero attached hydrogens (tertiary/aromatic N) is 2. The van der Waals surface area contributed by atoms with Crippen LogP contribution in [0, 0.1) is 0 Å². The van der Waals surface area contributed by atoms with E-state index in [1.165, 1.54) is 17.0 Å². The van der Waals surface area contributed by atoms with Crippen LogP contribution in [0.4, 0.5) is 0 Å². The van der Waals surface area contributed by atoms with Gasteiger partial charge in [0.1, 0.15) is 23.9 Å². The van der Waals surface area contributed by atoms with Crippen LogP contribution in [0.5, 0.6) is 11.5 Å². The molecule has 0 spiro atoms. The van der Waals surface area contributed by atoms with Crippen molar-refractivity contribution in [3.05, 3.63) is 77.9 Å². The van der Waals surface area contributed by atoms with Gasteiger partial charge in [0.05, 0.1) is 24.8 Å². The van der Waals surface area contributed by atoms with Gasteiger partial charge in [-0.05, 0) is 42.0 Å². The first-order valence-electron chi connectivity index (χ1n) is 11.2. The van der Waals surface area contributed by atoms with Crippen molar-refractivity contribution in [2.24, 2.45) is 0 Å². The minimum Gasteiger partial charge on any atom is -0.508 e. The number of ketones is 1. The fraction of sp³-hybridized carbons (Fsp3) is 0.308. The van der Waals surface area contributed by atoms with Crippen molar-refractivity contribution in [3.8, 4) is 11.5 Å². The van der Waals surface area contributed by atoms with Gasteiger partial charge in [-0.25, -0.2) is 0 Å². The van der Waals surface area contributed by atoms with E-state index in [1.807, 2.05) is 0 Å². The number of rotatable bonds is 8. The minimum absolute atomic E-state index is 0.0254. The number of phenols is 1. The molecule has 0 bridgehead atoms. The number of aromatic hydroxyl groups is 1. The molecule has 178 valence electrons. The van der Waals surface area contributed by atoms with E-state index < -0.39 is 17.7 Å². The molecule has 1 amide bonds. The summed E-state index contributed by atoms with van der Waals surface area (Å²) in [5.74, 6) is -0.967. The lowest BCUT2D eigenvalue weighted by atomic mass is 9.95. The van der Waals surface area contributed by atoms with Crippen LogP contribution >= 0.6 is 0 Å². The van der Waals surface area contributed by atoms with E-state index in [0.29, 0.717) is 49.8 Å². The molecule has 0 aromatic heterocycles. The molecule has 2 N–H and O–H groups in total. The zero-order valence-electron chi connectivity index (χ0n) is 18.9. The fourth-order valence-corrected chi connectivity index (χ4v) is 4.21. The summed E-state index contributed by atoms with van der Waals surface area (Å²) in [5, 5.41) is 20.9. The summed E-state index contributed by atoms with van der Waals surface area (Å²) in [4.78, 5) is 29.8. The molecule has 2 saturated heterocycles. The first-order valence-corrected chi connectivity index (χ1v) is 11.2. The summed E-state index contributed by atoms with van der Waals surface area (Å²) >= 11 is 0. The minimum atomic E-state index is -0.765. The third-order valence-electron chi connectivity index (χ3n) is 6.01. The second-order valence-corrected chi connectivity index (χ2v) is 8.16. The van der Waals surface area contributed by atoms with E-state index in [9.17, 15) is 19.8 Å². The molecular weight excluding hydrogens is 436 g/mol. The molecule has 2 aliphatic rings. The van der Waals surface area contributed by atoms with Crippen LogP contribution < -0.4 is 4.74 Å². The lowest BCUT2D eigenvalue weighted by Crippen LogP contribution is -2.42. The van der Waals surface area contributed by atoms with Crippen LogP contribution in [-0.4, -0.2) is 77.7 Å². The van der Waals surface area contributed by atoms with Gasteiger partial charge < -0.3 is 24.6 Å². The van der Waals surface area contributed by atoms with Crippen molar-refractivity contribution in [1.82, 2.24) is 9.80 Å². The molecule has 4 rings (SSSR count). The summed E-state index contributed by atoms with van der Waals surface area (Å²) in [5.41, 5.74) is 1.06. The number of carbonyl (C=O) groups is 2. The Hall–Kier alpha value is -3.62. The second-order valence-electron chi connectivity index (χ2n) is 8.16. The highest BCUT2D eigenvalue weighted by Gasteiger charge is 2.46. The summed E-state index contributed by atoms with van der Waals surface area (Å²) in [6.07, 6.45) is 1.63. The second kappa shape index (κ2) is 10.5. The fourth-order valence-electron chi connectivity index (χ4n) is 4.21. The maximum absolute atomic E-state index is 13.1. The van der Waals surface area contributed by atoms with Crippen LogP contribution in [0.2, 0.25) is 0 Å². The van der Waals surface area contributed by atoms with E-state index in [0.717, 1.165) is 13.1 Å². The van der Waals surface area contributed by atoms with E-state index in [4.69, 9.17) is 9.47 Å². The number of phenolic OH excluding ortho intramolecular Hbond substituents is 1. The van der Waals surface area contributed by atoms with Crippen molar-refractivity contribution in [3.63, 3.8) is 0 Å². The molecule has 0 aliphatic carbocycles. The van der Waals surface area contributed by atoms with Crippen molar-refractivity contribution in [1.29, 1.82) is 0 Å². The smallest absolute Gasteiger partial charge is 0.295 e. The van der Waals surface area contributed by atoms with Gasteiger partial charge in [0.25, 0.3) is 11.7 Å². The number of aliphatic hydroxyl groups excluding tert-OH is 1. The normalized spacial score (nSPS) is 20.5. The standard InChI is InChI=1S/C26H28N2O6/c1-2-15-34-21-9-5-19(6-10-21)24(30)22-23(18-3-7-20(29)8-4-18)28(26(32)25(22)31)12-11-27-13-16-33-17-14-27/h2-10,23,29-30H,1,11-17H2/t23-/m1/s1. The molecule has 2 aromatic carbocycles. The van der Waals surface area contributed by atoms with Crippen LogP contribution in [0.25, 0.3) is 5.76 Å². The number of Topliss-reactive ketones (excluding diaryl/α,β-unsaturated/α-hetero) is 1. The molecule has 2 heterocycles. The van der Waals surface area contributed by atoms with Gasteiger partial charge in [-0.2, -0.15) is 0 Å². The zero-order valence-corrected chi connectivity index (χ0v) is 18.9. The predicted molar refractivity (Wildman–Crippen MR) is 127 cm³/mol. The Morgan fingerprint density at radius 2 is 1.74 bits per heavy atom. The van der Waals surface area contributed by atoms with Gasteiger partial charge >= 0.3 is 0 Å². The van der Waals surface area contributed by atoms with Gasteiger partial charge in [-0.3, -0.25) is 14.5 Å². The number of aliphatic hydroxyl groups is 1. The summed E-state index contributed by atoms with van der Waals surface area (Å²) < 4.78 is 10.9. The highest BCUT2D eigenvalue weighted by atomic mass is 16.5. The maximum Gasteiger partial charge on any atom is 0.295 e. The largest absolute Gasteiger partial charge is 0.508 e. The summed E-state index contributed by atoms with van der Waals surface area (Å²) in [7, 11) is 0. The number of morpholine rings is 1. The molecule has 2 fully saturated rings. The van der Waals surface area contributed by atoms with Crippen LogP contribution in [0.15, 0.2) is 66.8 Å². The Balaban J connectivity index is 1.68. The molecule has 8 heteroatoms. The first-order chi connectivity index (χ1) is 16.5. The van der Waals surface area contributed by atoms with Gasteiger partial charge in [0.15, 0.2) is 0 Å². The molecule has 0 radical (unpaired) electrons. The number of likely N-dealkylation sites (tertiary alicyclic amines) is 1. The molecule has 2 aliphatic heterocycles. The van der Waals surface area contributed by atoms with E-state index >= 15 is 0 Å². The quantitative estimate of drug-likeness (QED) is 0.268. The Bertz CT molecular complexity index is 1070. The van der Waals surface area contributed by atoms with Crippen molar-refractivity contribution >= 4 is 17.4 Å². The topological polar surface area (TPSA) is 99.5 Å². The molecule has 0 saturated carbocycles. The van der Waals surface area contributed by atoms with E-state index in [2.05, 4.69) is 11.5 Å². The number of carbonyl (C=O) groups excluding carboxylic acids is 2. The Labute approximate surface area is 198 Å². The Morgan fingerprint density at radius 1 is 1.06 bits per heavy atom. The van der Waals surface area contributed by atoms with E-state index in [-0.39, 0.29) is 17.1 Å². The van der Waals surface area contributed by atoms with Crippen LogP contribution in [0.3, 0.4) is 0 Å². The van der Waals surface area contributed by atoms with Crippen molar-refractivity contribution < 1.29 is 29.3 Å². The first kappa shape index (κ1) is 23.5. The summed E-state index contributed by atoms with van der Waals surface area (Å²) in [6.45, 7) is 7.64. The highest BCUT2D eigenvalue weighted by molar-refractivity contribution is 6.46. The average molecular weight is 465 g/mol. The highest BCUT2D eigenvalue weighted by Crippen LogP contribution is 2.39. The number of hydrogen-bond acceptors (Lipinski definition) is 7. The predicted octanol–water partition coefficient (Wildman–Crippen LogP) is 2.71. The van der Waals surface area contributed by atoms with Gasteiger partial charge in [0, 0.05) is 31.7 Å². The van der Waals surface area contributed by atoms with Gasteiger partial charge in [0.2, 0.25) is 0 Å². The lowest BCUT2D eigenvalue weighted by molar-refractivity contribution is -0.140. The van der Waals surface area contributed by atoms with Gasteiger partial charge in [-0.1, -0.05) is 24.8 Å². The molecule has 1 atom stereocenters. The van der Waals surface area contributed by atoms with Crippen molar-refractivity contribution in [2.45, 2.75) is 6.04 Å².